The first-order valence-corrected chi connectivity index (χ1v) is 6.54. The Kier molecular flexibility index (Phi) is 3.40. The molecule has 1 aliphatic heterocycles. The molecular formula is C12H17NO3S. The highest BCUT2D eigenvalue weighted by Gasteiger charge is 2.30. The number of carbonyl (C=O) groups is 1. The number of nitrogens with zero attached hydrogens (tertiary/aromatic N) is 1. The second-order valence-corrected chi connectivity index (χ2v) is 5.55. The summed E-state index contributed by atoms with van der Waals surface area (Å²) in [6, 6.07) is 1.76. The molecule has 0 saturated carbocycles. The van der Waals surface area contributed by atoms with Crippen molar-refractivity contribution in [2.75, 3.05) is 20.2 Å². The van der Waals surface area contributed by atoms with Gasteiger partial charge in [0.05, 0.1) is 17.6 Å². The van der Waals surface area contributed by atoms with Crippen LogP contribution in [-0.2, 0) is 0 Å². The quantitative estimate of drug-likeness (QED) is 0.875. The maximum Gasteiger partial charge on any atom is 0.264 e. The van der Waals surface area contributed by atoms with E-state index in [1.54, 1.807) is 18.1 Å². The average Bonchev–Trinajstić information content (AvgIpc) is 2.76. The van der Waals surface area contributed by atoms with Crippen molar-refractivity contribution in [1.29, 1.82) is 0 Å². The molecule has 1 fully saturated rings. The summed E-state index contributed by atoms with van der Waals surface area (Å²) in [7, 11) is 1.59. The van der Waals surface area contributed by atoms with Crippen molar-refractivity contribution in [2.45, 2.75) is 25.4 Å². The zero-order valence-corrected chi connectivity index (χ0v) is 10.9. The van der Waals surface area contributed by atoms with Gasteiger partial charge in [-0.2, -0.15) is 0 Å². The largest absolute Gasteiger partial charge is 0.496 e. The van der Waals surface area contributed by atoms with Gasteiger partial charge in [-0.3, -0.25) is 4.79 Å². The Bertz CT molecular complexity index is 404. The van der Waals surface area contributed by atoms with Crippen molar-refractivity contribution in [3.05, 3.63) is 16.3 Å². The molecule has 1 aromatic heterocycles. The number of hydrogen-bond acceptors (Lipinski definition) is 4. The monoisotopic (exact) mass is 255 g/mol. The van der Waals surface area contributed by atoms with E-state index in [-0.39, 0.29) is 5.91 Å². The molecule has 5 heteroatoms. The molecule has 0 bridgehead atoms. The number of ether oxygens (including phenoxy) is 1. The van der Waals surface area contributed by atoms with E-state index in [0.29, 0.717) is 30.8 Å². The molecule has 0 spiro atoms. The number of rotatable bonds is 2. The number of hydrogen-bond donors (Lipinski definition) is 1. The van der Waals surface area contributed by atoms with Gasteiger partial charge in [0.1, 0.15) is 5.75 Å². The third kappa shape index (κ3) is 2.79. The molecule has 1 saturated heterocycles. The first-order valence-electron chi connectivity index (χ1n) is 5.66. The van der Waals surface area contributed by atoms with E-state index in [9.17, 15) is 9.90 Å². The third-order valence-electron chi connectivity index (χ3n) is 3.15. The summed E-state index contributed by atoms with van der Waals surface area (Å²) < 4.78 is 5.07. The Morgan fingerprint density at radius 2 is 2.18 bits per heavy atom. The average molecular weight is 255 g/mol. The zero-order chi connectivity index (χ0) is 12.5. The molecule has 1 aromatic rings. The molecule has 2 rings (SSSR count). The molecule has 0 unspecified atom stereocenters. The Morgan fingerprint density at radius 3 is 2.71 bits per heavy atom. The van der Waals surface area contributed by atoms with Crippen molar-refractivity contribution in [1.82, 2.24) is 4.90 Å². The van der Waals surface area contributed by atoms with Crippen LogP contribution in [0.5, 0.6) is 5.75 Å². The van der Waals surface area contributed by atoms with Crippen molar-refractivity contribution < 1.29 is 14.6 Å². The van der Waals surface area contributed by atoms with Gasteiger partial charge in [-0.1, -0.05) is 0 Å². The minimum absolute atomic E-state index is 0.0359. The minimum atomic E-state index is -0.621. The summed E-state index contributed by atoms with van der Waals surface area (Å²) >= 11 is 1.40. The molecule has 17 heavy (non-hydrogen) atoms. The van der Waals surface area contributed by atoms with Crippen molar-refractivity contribution in [3.63, 3.8) is 0 Å². The van der Waals surface area contributed by atoms with E-state index in [1.165, 1.54) is 11.3 Å². The van der Waals surface area contributed by atoms with Crippen LogP contribution in [0.3, 0.4) is 0 Å². The smallest absolute Gasteiger partial charge is 0.264 e. The summed E-state index contributed by atoms with van der Waals surface area (Å²) in [6.45, 7) is 3.06. The first-order chi connectivity index (χ1) is 8.02. The lowest BCUT2D eigenvalue weighted by Crippen LogP contribution is -2.44. The summed E-state index contributed by atoms with van der Waals surface area (Å²) in [5.41, 5.74) is -0.621. The van der Waals surface area contributed by atoms with E-state index in [1.807, 2.05) is 12.3 Å². The van der Waals surface area contributed by atoms with Crippen LogP contribution in [0, 0.1) is 0 Å². The van der Waals surface area contributed by atoms with Gasteiger partial charge in [0.2, 0.25) is 0 Å². The number of carbonyl (C=O) groups excluding carboxylic acids is 1. The van der Waals surface area contributed by atoms with Crippen LogP contribution < -0.4 is 4.74 Å². The van der Waals surface area contributed by atoms with E-state index < -0.39 is 5.60 Å². The first kappa shape index (κ1) is 12.4. The third-order valence-corrected chi connectivity index (χ3v) is 4.05. The van der Waals surface area contributed by atoms with Gasteiger partial charge in [-0.15, -0.1) is 11.3 Å². The lowest BCUT2D eigenvalue weighted by atomic mass is 9.94. The molecule has 0 aliphatic carbocycles. The van der Waals surface area contributed by atoms with Gasteiger partial charge in [-0.05, 0) is 19.8 Å². The molecular weight excluding hydrogens is 238 g/mol. The molecule has 4 nitrogen and oxygen atoms in total. The van der Waals surface area contributed by atoms with Gasteiger partial charge in [0.25, 0.3) is 5.91 Å². The molecule has 0 radical (unpaired) electrons. The zero-order valence-electron chi connectivity index (χ0n) is 10.1. The highest BCUT2D eigenvalue weighted by molar-refractivity contribution is 7.12. The minimum Gasteiger partial charge on any atom is -0.496 e. The number of amides is 1. The van der Waals surface area contributed by atoms with Crippen LogP contribution in [-0.4, -0.2) is 41.7 Å². The molecule has 1 aliphatic rings. The fourth-order valence-corrected chi connectivity index (χ4v) is 2.71. The van der Waals surface area contributed by atoms with Gasteiger partial charge in [-0.25, -0.2) is 0 Å². The van der Waals surface area contributed by atoms with Gasteiger partial charge in [0, 0.05) is 24.5 Å². The van der Waals surface area contributed by atoms with E-state index in [2.05, 4.69) is 0 Å². The molecule has 1 amide bonds. The lowest BCUT2D eigenvalue weighted by Gasteiger charge is -2.35. The van der Waals surface area contributed by atoms with Crippen LogP contribution in [0.4, 0.5) is 0 Å². The van der Waals surface area contributed by atoms with Crippen LogP contribution in [0.25, 0.3) is 0 Å². The lowest BCUT2D eigenvalue weighted by molar-refractivity contribution is -0.00188. The second-order valence-electron chi connectivity index (χ2n) is 4.64. The van der Waals surface area contributed by atoms with Crippen LogP contribution in [0.2, 0.25) is 0 Å². The van der Waals surface area contributed by atoms with Crippen molar-refractivity contribution in [3.8, 4) is 5.75 Å². The summed E-state index contributed by atoms with van der Waals surface area (Å²) in [4.78, 5) is 14.6. The van der Waals surface area contributed by atoms with E-state index >= 15 is 0 Å². The predicted molar refractivity (Wildman–Crippen MR) is 66.6 cm³/mol. The highest BCUT2D eigenvalue weighted by atomic mass is 32.1. The highest BCUT2D eigenvalue weighted by Crippen LogP contribution is 2.26. The fourth-order valence-electron chi connectivity index (χ4n) is 1.89. The van der Waals surface area contributed by atoms with Crippen molar-refractivity contribution >= 4 is 17.2 Å². The normalized spacial score (nSPS) is 19.1. The maximum absolute atomic E-state index is 12.1. The number of aliphatic hydroxyl groups is 1. The Hall–Kier alpha value is -1.07. The summed E-state index contributed by atoms with van der Waals surface area (Å²) in [5, 5.41) is 11.7. The fraction of sp³-hybridized carbons (Fsp3) is 0.583. The summed E-state index contributed by atoms with van der Waals surface area (Å²) in [6.07, 6.45) is 1.28. The molecule has 1 N–H and O–H groups in total. The Morgan fingerprint density at radius 1 is 1.53 bits per heavy atom. The Balaban J connectivity index is 2.01. The predicted octanol–water partition coefficient (Wildman–Crippen LogP) is 1.74. The number of piperidine rings is 1. The van der Waals surface area contributed by atoms with Crippen LogP contribution in [0.1, 0.15) is 29.4 Å². The molecule has 0 atom stereocenters. The number of likely N-dealkylation sites (tertiary alicyclic amines) is 1. The van der Waals surface area contributed by atoms with Gasteiger partial charge >= 0.3 is 0 Å². The van der Waals surface area contributed by atoms with Crippen LogP contribution >= 0.6 is 11.3 Å². The molecule has 2 heterocycles. The number of thiophene rings is 1. The maximum atomic E-state index is 12.1. The number of methoxy groups -OCH3 is 1. The second kappa shape index (κ2) is 4.66. The van der Waals surface area contributed by atoms with E-state index in [0.717, 1.165) is 5.75 Å². The van der Waals surface area contributed by atoms with E-state index in [4.69, 9.17) is 4.74 Å². The topological polar surface area (TPSA) is 49.8 Å². The molecule has 94 valence electrons. The van der Waals surface area contributed by atoms with Crippen molar-refractivity contribution in [2.24, 2.45) is 0 Å². The SMILES string of the molecule is COc1csc(C(=O)N2CCC(C)(O)CC2)c1. The van der Waals surface area contributed by atoms with Gasteiger partial charge in [0.15, 0.2) is 0 Å². The summed E-state index contributed by atoms with van der Waals surface area (Å²) in [5.74, 6) is 0.760. The van der Waals surface area contributed by atoms with Crippen LogP contribution in [0.15, 0.2) is 11.4 Å². The Labute approximate surface area is 105 Å². The standard InChI is InChI=1S/C12H17NO3S/c1-12(15)3-5-13(6-4-12)11(14)10-7-9(16-2)8-17-10/h7-8,15H,3-6H2,1-2H3. The van der Waals surface area contributed by atoms with Gasteiger partial charge < -0.3 is 14.7 Å². The molecule has 0 aromatic carbocycles.